The van der Waals surface area contributed by atoms with Gasteiger partial charge in [0.1, 0.15) is 11.6 Å². The Morgan fingerprint density at radius 3 is 2.94 bits per heavy atom. The molecule has 3 nitrogen and oxygen atoms in total. The Hall–Kier alpha value is -1.68. The molecule has 1 aromatic heterocycles. The molecule has 2 rings (SSSR count). The number of hydrogen-bond acceptors (Lipinski definition) is 3. The van der Waals surface area contributed by atoms with E-state index in [1.54, 1.807) is 12.1 Å². The summed E-state index contributed by atoms with van der Waals surface area (Å²) >= 11 is 0. The van der Waals surface area contributed by atoms with Gasteiger partial charge in [0.05, 0.1) is 5.69 Å². The summed E-state index contributed by atoms with van der Waals surface area (Å²) in [6.45, 7) is 2.36. The van der Waals surface area contributed by atoms with Crippen LogP contribution in [-0.2, 0) is 6.42 Å². The third kappa shape index (κ3) is 2.12. The third-order valence-electron chi connectivity index (χ3n) is 2.35. The van der Waals surface area contributed by atoms with Gasteiger partial charge >= 0.3 is 0 Å². The molecule has 0 unspecified atom stereocenters. The van der Waals surface area contributed by atoms with Gasteiger partial charge in [0, 0.05) is 12.0 Å². The molecular formula is C12H13FN2O. The van der Waals surface area contributed by atoms with Crippen LogP contribution in [0.15, 0.2) is 28.7 Å². The Kier molecular flexibility index (Phi) is 3.01. The topological polar surface area (TPSA) is 52.0 Å². The van der Waals surface area contributed by atoms with E-state index in [1.165, 1.54) is 12.1 Å². The Morgan fingerprint density at radius 1 is 1.44 bits per heavy atom. The van der Waals surface area contributed by atoms with Gasteiger partial charge in [-0.1, -0.05) is 6.07 Å². The highest BCUT2D eigenvalue weighted by molar-refractivity contribution is 5.53. The summed E-state index contributed by atoms with van der Waals surface area (Å²) in [5.41, 5.74) is 6.94. The molecule has 0 spiro atoms. The van der Waals surface area contributed by atoms with Gasteiger partial charge in [-0.15, -0.1) is 0 Å². The first-order valence-corrected chi connectivity index (χ1v) is 5.13. The van der Waals surface area contributed by atoms with Gasteiger partial charge in [-0.25, -0.2) is 9.37 Å². The van der Waals surface area contributed by atoms with Crippen molar-refractivity contribution < 1.29 is 8.81 Å². The molecule has 0 saturated carbocycles. The predicted octanol–water partition coefficient (Wildman–Crippen LogP) is 2.29. The fourth-order valence-electron chi connectivity index (χ4n) is 1.54. The second-order valence-corrected chi connectivity index (χ2v) is 3.57. The van der Waals surface area contributed by atoms with Crippen LogP contribution in [0.4, 0.5) is 4.39 Å². The second kappa shape index (κ2) is 4.45. The molecule has 0 fully saturated rings. The molecular weight excluding hydrogens is 207 g/mol. The minimum atomic E-state index is -0.297. The van der Waals surface area contributed by atoms with E-state index in [-0.39, 0.29) is 5.82 Å². The largest absolute Gasteiger partial charge is 0.441 e. The highest BCUT2D eigenvalue weighted by Gasteiger charge is 2.10. The smallest absolute Gasteiger partial charge is 0.226 e. The van der Waals surface area contributed by atoms with Crippen LogP contribution >= 0.6 is 0 Å². The average Bonchev–Trinajstić information content (AvgIpc) is 2.61. The molecule has 1 aromatic carbocycles. The number of aromatic nitrogens is 1. The van der Waals surface area contributed by atoms with E-state index < -0.39 is 0 Å². The quantitative estimate of drug-likeness (QED) is 0.863. The Balaban J connectivity index is 2.37. The van der Waals surface area contributed by atoms with Crippen LogP contribution < -0.4 is 5.73 Å². The predicted molar refractivity (Wildman–Crippen MR) is 59.4 cm³/mol. The first kappa shape index (κ1) is 10.8. The zero-order valence-corrected chi connectivity index (χ0v) is 9.03. The number of hydrogen-bond donors (Lipinski definition) is 1. The zero-order valence-electron chi connectivity index (χ0n) is 9.03. The van der Waals surface area contributed by atoms with Crippen molar-refractivity contribution in [3.8, 4) is 11.5 Å². The van der Waals surface area contributed by atoms with Crippen LogP contribution in [0.2, 0.25) is 0 Å². The minimum absolute atomic E-state index is 0.297. The summed E-state index contributed by atoms with van der Waals surface area (Å²) in [6, 6.07) is 6.19. The Bertz CT molecular complexity index is 494. The van der Waals surface area contributed by atoms with Crippen LogP contribution in [0.3, 0.4) is 0 Å². The lowest BCUT2D eigenvalue weighted by Gasteiger charge is -1.94. The van der Waals surface area contributed by atoms with E-state index in [9.17, 15) is 4.39 Å². The monoisotopic (exact) mass is 220 g/mol. The molecule has 16 heavy (non-hydrogen) atoms. The SMILES string of the molecule is Cc1oc(-c2cccc(F)c2)nc1CCN. The summed E-state index contributed by atoms with van der Waals surface area (Å²) in [4.78, 5) is 4.30. The van der Waals surface area contributed by atoms with Crippen molar-refractivity contribution in [3.05, 3.63) is 41.5 Å². The normalized spacial score (nSPS) is 10.7. The Labute approximate surface area is 93.1 Å². The first-order valence-electron chi connectivity index (χ1n) is 5.13. The average molecular weight is 220 g/mol. The van der Waals surface area contributed by atoms with E-state index in [2.05, 4.69) is 4.98 Å². The summed E-state index contributed by atoms with van der Waals surface area (Å²) in [5.74, 6) is 0.888. The lowest BCUT2D eigenvalue weighted by atomic mass is 10.2. The van der Waals surface area contributed by atoms with E-state index in [4.69, 9.17) is 10.2 Å². The molecule has 2 aromatic rings. The molecule has 0 atom stereocenters. The summed E-state index contributed by atoms with van der Waals surface area (Å²) in [6.07, 6.45) is 0.671. The van der Waals surface area contributed by atoms with Crippen molar-refractivity contribution >= 4 is 0 Å². The van der Waals surface area contributed by atoms with Crippen LogP contribution in [0, 0.1) is 12.7 Å². The lowest BCUT2D eigenvalue weighted by molar-refractivity contribution is 0.538. The molecule has 0 saturated heterocycles. The minimum Gasteiger partial charge on any atom is -0.441 e. The molecule has 0 aliphatic heterocycles. The van der Waals surface area contributed by atoms with Crippen molar-refractivity contribution in [1.82, 2.24) is 4.98 Å². The molecule has 0 aliphatic carbocycles. The molecule has 0 amide bonds. The standard InChI is InChI=1S/C12H13FN2O/c1-8-11(5-6-14)15-12(16-8)9-3-2-4-10(13)7-9/h2-4,7H,5-6,14H2,1H3. The lowest BCUT2D eigenvalue weighted by Crippen LogP contribution is -2.03. The van der Waals surface area contributed by atoms with Gasteiger partial charge in [-0.05, 0) is 31.7 Å². The van der Waals surface area contributed by atoms with Gasteiger partial charge in [0.25, 0.3) is 0 Å². The van der Waals surface area contributed by atoms with Gasteiger partial charge in [0.15, 0.2) is 0 Å². The van der Waals surface area contributed by atoms with Crippen LogP contribution in [-0.4, -0.2) is 11.5 Å². The first-order chi connectivity index (χ1) is 7.70. The highest BCUT2D eigenvalue weighted by Crippen LogP contribution is 2.22. The number of benzene rings is 1. The number of nitrogens with zero attached hydrogens (tertiary/aromatic N) is 1. The second-order valence-electron chi connectivity index (χ2n) is 3.57. The maximum Gasteiger partial charge on any atom is 0.226 e. The number of oxazole rings is 1. The van der Waals surface area contributed by atoms with E-state index in [1.807, 2.05) is 6.92 Å². The van der Waals surface area contributed by atoms with Gasteiger partial charge in [-0.3, -0.25) is 0 Å². The third-order valence-corrected chi connectivity index (χ3v) is 2.35. The molecule has 4 heteroatoms. The number of aryl methyl sites for hydroxylation is 1. The summed E-state index contributed by atoms with van der Waals surface area (Å²) in [7, 11) is 0. The maximum atomic E-state index is 13.0. The van der Waals surface area contributed by atoms with Gasteiger partial charge in [0.2, 0.25) is 5.89 Å². The van der Waals surface area contributed by atoms with Gasteiger partial charge < -0.3 is 10.2 Å². The maximum absolute atomic E-state index is 13.0. The number of halogens is 1. The highest BCUT2D eigenvalue weighted by atomic mass is 19.1. The summed E-state index contributed by atoms with van der Waals surface area (Å²) in [5, 5.41) is 0. The molecule has 0 aliphatic rings. The molecule has 0 bridgehead atoms. The van der Waals surface area contributed by atoms with Crippen molar-refractivity contribution in [2.24, 2.45) is 5.73 Å². The van der Waals surface area contributed by atoms with Crippen LogP contribution in [0.1, 0.15) is 11.5 Å². The fourth-order valence-corrected chi connectivity index (χ4v) is 1.54. The van der Waals surface area contributed by atoms with E-state index in [0.29, 0.717) is 24.4 Å². The molecule has 1 heterocycles. The molecule has 2 N–H and O–H groups in total. The fraction of sp³-hybridized carbons (Fsp3) is 0.250. The van der Waals surface area contributed by atoms with Crippen molar-refractivity contribution in [2.45, 2.75) is 13.3 Å². The van der Waals surface area contributed by atoms with Crippen molar-refractivity contribution in [2.75, 3.05) is 6.54 Å². The van der Waals surface area contributed by atoms with Crippen LogP contribution in [0.5, 0.6) is 0 Å². The van der Waals surface area contributed by atoms with E-state index >= 15 is 0 Å². The van der Waals surface area contributed by atoms with E-state index in [0.717, 1.165) is 11.5 Å². The number of rotatable bonds is 3. The Morgan fingerprint density at radius 2 is 2.25 bits per heavy atom. The van der Waals surface area contributed by atoms with Crippen LogP contribution in [0.25, 0.3) is 11.5 Å². The number of nitrogens with two attached hydrogens (primary N) is 1. The zero-order chi connectivity index (χ0) is 11.5. The van der Waals surface area contributed by atoms with Crippen molar-refractivity contribution in [1.29, 1.82) is 0 Å². The van der Waals surface area contributed by atoms with Crippen molar-refractivity contribution in [3.63, 3.8) is 0 Å². The molecule has 0 radical (unpaired) electrons. The molecule has 84 valence electrons. The summed E-state index contributed by atoms with van der Waals surface area (Å²) < 4.78 is 18.5. The van der Waals surface area contributed by atoms with Gasteiger partial charge in [-0.2, -0.15) is 0 Å².